The Bertz CT molecular complexity index is 898. The quantitative estimate of drug-likeness (QED) is 0.650. The van der Waals surface area contributed by atoms with Gasteiger partial charge in [0.2, 0.25) is 5.91 Å². The number of hydrogen-bond donors (Lipinski definition) is 3. The van der Waals surface area contributed by atoms with Crippen LogP contribution in [0.3, 0.4) is 0 Å². The lowest BCUT2D eigenvalue weighted by Crippen LogP contribution is -2.28. The standard InChI is InChI=1S/C22H22N4O/c27-22(21-15-24-14-20(21)16-6-2-1-3-7-16)26-18-9-4-8-17(12-18)25-19-10-5-11-23-13-19/h1-13,20-21,24-25H,14-15H2,(H,26,27). The van der Waals surface area contributed by atoms with Crippen molar-refractivity contribution < 1.29 is 4.79 Å². The van der Waals surface area contributed by atoms with Crippen molar-refractivity contribution in [2.24, 2.45) is 5.92 Å². The van der Waals surface area contributed by atoms with Crippen molar-refractivity contribution in [3.05, 3.63) is 84.7 Å². The molecule has 2 unspecified atom stereocenters. The molecule has 2 atom stereocenters. The molecule has 4 rings (SSSR count). The van der Waals surface area contributed by atoms with Crippen molar-refractivity contribution in [1.29, 1.82) is 0 Å². The van der Waals surface area contributed by atoms with Crippen molar-refractivity contribution in [3.8, 4) is 0 Å². The second-order valence-corrected chi connectivity index (χ2v) is 6.72. The molecule has 1 aliphatic heterocycles. The molecule has 0 radical (unpaired) electrons. The minimum atomic E-state index is -0.0812. The van der Waals surface area contributed by atoms with Crippen LogP contribution in [0.1, 0.15) is 11.5 Å². The highest BCUT2D eigenvalue weighted by Crippen LogP contribution is 2.29. The van der Waals surface area contributed by atoms with E-state index in [1.165, 1.54) is 5.56 Å². The zero-order valence-electron chi connectivity index (χ0n) is 14.9. The molecule has 1 aromatic heterocycles. The van der Waals surface area contributed by atoms with Gasteiger partial charge in [0.05, 0.1) is 17.8 Å². The molecule has 2 heterocycles. The van der Waals surface area contributed by atoms with Crippen LogP contribution in [0.5, 0.6) is 0 Å². The van der Waals surface area contributed by atoms with E-state index < -0.39 is 0 Å². The van der Waals surface area contributed by atoms with E-state index in [9.17, 15) is 4.79 Å². The first-order valence-electron chi connectivity index (χ1n) is 9.13. The molecule has 0 bridgehead atoms. The summed E-state index contributed by atoms with van der Waals surface area (Å²) in [7, 11) is 0. The first-order valence-corrected chi connectivity index (χ1v) is 9.13. The van der Waals surface area contributed by atoms with Crippen LogP contribution in [0.4, 0.5) is 17.1 Å². The van der Waals surface area contributed by atoms with Crippen LogP contribution in [0.15, 0.2) is 79.1 Å². The number of carbonyl (C=O) groups is 1. The maximum atomic E-state index is 12.9. The van der Waals surface area contributed by atoms with Crippen LogP contribution in [0.2, 0.25) is 0 Å². The molecule has 3 aromatic rings. The second-order valence-electron chi connectivity index (χ2n) is 6.72. The number of carbonyl (C=O) groups excluding carboxylic acids is 1. The Kier molecular flexibility index (Phi) is 5.12. The van der Waals surface area contributed by atoms with Gasteiger partial charge in [0.25, 0.3) is 0 Å². The van der Waals surface area contributed by atoms with E-state index in [2.05, 4.69) is 33.1 Å². The summed E-state index contributed by atoms with van der Waals surface area (Å²) >= 11 is 0. The van der Waals surface area contributed by atoms with Gasteiger partial charge in [0, 0.05) is 36.6 Å². The molecule has 1 amide bonds. The Labute approximate surface area is 158 Å². The molecular formula is C22H22N4O. The maximum absolute atomic E-state index is 12.9. The van der Waals surface area contributed by atoms with Gasteiger partial charge in [-0.2, -0.15) is 0 Å². The highest BCUT2D eigenvalue weighted by Gasteiger charge is 2.33. The second kappa shape index (κ2) is 8.01. The lowest BCUT2D eigenvalue weighted by Gasteiger charge is -2.19. The summed E-state index contributed by atoms with van der Waals surface area (Å²) in [6, 6.07) is 21.8. The number of rotatable bonds is 5. The van der Waals surface area contributed by atoms with Crippen molar-refractivity contribution in [3.63, 3.8) is 0 Å². The average molecular weight is 358 g/mol. The predicted octanol–water partition coefficient (Wildman–Crippen LogP) is 3.77. The number of pyridine rings is 1. The Morgan fingerprint density at radius 3 is 2.56 bits per heavy atom. The van der Waals surface area contributed by atoms with Gasteiger partial charge in [-0.15, -0.1) is 0 Å². The van der Waals surface area contributed by atoms with Crippen LogP contribution >= 0.6 is 0 Å². The summed E-state index contributed by atoms with van der Waals surface area (Å²) in [5, 5.41) is 9.72. The molecule has 0 saturated carbocycles. The lowest BCUT2D eigenvalue weighted by molar-refractivity contribution is -0.119. The average Bonchev–Trinajstić information content (AvgIpc) is 3.20. The molecule has 5 nitrogen and oxygen atoms in total. The molecule has 3 N–H and O–H groups in total. The lowest BCUT2D eigenvalue weighted by atomic mass is 9.88. The molecule has 1 fully saturated rings. The van der Waals surface area contributed by atoms with Crippen LogP contribution in [-0.4, -0.2) is 24.0 Å². The molecular weight excluding hydrogens is 336 g/mol. The van der Waals surface area contributed by atoms with Crippen LogP contribution < -0.4 is 16.0 Å². The van der Waals surface area contributed by atoms with Gasteiger partial charge >= 0.3 is 0 Å². The van der Waals surface area contributed by atoms with E-state index in [0.29, 0.717) is 6.54 Å². The fourth-order valence-electron chi connectivity index (χ4n) is 3.52. The number of hydrogen-bond acceptors (Lipinski definition) is 4. The van der Waals surface area contributed by atoms with E-state index in [0.717, 1.165) is 23.6 Å². The fraction of sp³-hybridized carbons (Fsp3) is 0.182. The van der Waals surface area contributed by atoms with Crippen LogP contribution in [0.25, 0.3) is 0 Å². The minimum absolute atomic E-state index is 0.0485. The summed E-state index contributed by atoms with van der Waals surface area (Å²) < 4.78 is 0. The number of amides is 1. The van der Waals surface area contributed by atoms with Crippen molar-refractivity contribution >= 4 is 23.0 Å². The molecule has 0 spiro atoms. The zero-order valence-corrected chi connectivity index (χ0v) is 14.9. The van der Waals surface area contributed by atoms with Crippen LogP contribution in [0, 0.1) is 5.92 Å². The summed E-state index contributed by atoms with van der Waals surface area (Å²) in [6.07, 6.45) is 3.50. The maximum Gasteiger partial charge on any atom is 0.229 e. The summed E-state index contributed by atoms with van der Waals surface area (Å²) in [4.78, 5) is 17.0. The fourth-order valence-corrected chi connectivity index (χ4v) is 3.52. The summed E-state index contributed by atoms with van der Waals surface area (Å²) in [6.45, 7) is 1.52. The van der Waals surface area contributed by atoms with Crippen LogP contribution in [-0.2, 0) is 4.79 Å². The monoisotopic (exact) mass is 358 g/mol. The molecule has 1 aliphatic rings. The molecule has 136 valence electrons. The number of benzene rings is 2. The highest BCUT2D eigenvalue weighted by molar-refractivity contribution is 5.94. The number of aromatic nitrogens is 1. The predicted molar refractivity (Wildman–Crippen MR) is 108 cm³/mol. The van der Waals surface area contributed by atoms with E-state index >= 15 is 0 Å². The van der Waals surface area contributed by atoms with Gasteiger partial charge in [-0.1, -0.05) is 36.4 Å². The Morgan fingerprint density at radius 2 is 1.74 bits per heavy atom. The number of nitrogens with one attached hydrogen (secondary N) is 3. The molecule has 1 saturated heterocycles. The third kappa shape index (κ3) is 4.15. The summed E-state index contributed by atoms with van der Waals surface area (Å²) in [5.74, 6) is 0.164. The van der Waals surface area contributed by atoms with Gasteiger partial charge < -0.3 is 16.0 Å². The Balaban J connectivity index is 1.45. The third-order valence-electron chi connectivity index (χ3n) is 4.86. The van der Waals surface area contributed by atoms with E-state index in [4.69, 9.17) is 0 Å². The van der Waals surface area contributed by atoms with Crippen molar-refractivity contribution in [1.82, 2.24) is 10.3 Å². The largest absolute Gasteiger partial charge is 0.354 e. The third-order valence-corrected chi connectivity index (χ3v) is 4.86. The topological polar surface area (TPSA) is 66.0 Å². The normalized spacial score (nSPS) is 18.8. The molecule has 0 aliphatic carbocycles. The van der Waals surface area contributed by atoms with Crippen molar-refractivity contribution in [2.45, 2.75) is 5.92 Å². The first kappa shape index (κ1) is 17.2. The highest BCUT2D eigenvalue weighted by atomic mass is 16.1. The van der Waals surface area contributed by atoms with E-state index in [1.54, 1.807) is 12.4 Å². The van der Waals surface area contributed by atoms with E-state index in [-0.39, 0.29) is 17.7 Å². The smallest absolute Gasteiger partial charge is 0.229 e. The molecule has 5 heteroatoms. The van der Waals surface area contributed by atoms with Gasteiger partial charge in [-0.25, -0.2) is 0 Å². The SMILES string of the molecule is O=C(Nc1cccc(Nc2cccnc2)c1)C1CNCC1c1ccccc1. The molecule has 27 heavy (non-hydrogen) atoms. The number of anilines is 3. The van der Waals surface area contributed by atoms with Crippen molar-refractivity contribution in [2.75, 3.05) is 23.7 Å². The number of nitrogens with zero attached hydrogens (tertiary/aromatic N) is 1. The van der Waals surface area contributed by atoms with Gasteiger partial charge in [-0.05, 0) is 35.9 Å². The Morgan fingerprint density at radius 1 is 0.926 bits per heavy atom. The van der Waals surface area contributed by atoms with Gasteiger partial charge in [0.1, 0.15) is 0 Å². The van der Waals surface area contributed by atoms with E-state index in [1.807, 2.05) is 54.6 Å². The van der Waals surface area contributed by atoms with Gasteiger partial charge in [0.15, 0.2) is 0 Å². The molecule has 2 aromatic carbocycles. The zero-order chi connectivity index (χ0) is 18.5. The summed E-state index contributed by atoms with van der Waals surface area (Å²) in [5.41, 5.74) is 3.80. The first-order chi connectivity index (χ1) is 13.3. The van der Waals surface area contributed by atoms with Gasteiger partial charge in [-0.3, -0.25) is 9.78 Å². The minimum Gasteiger partial charge on any atom is -0.354 e. The Hall–Kier alpha value is -3.18.